The first-order valence-electron chi connectivity index (χ1n) is 3.55. The van der Waals surface area contributed by atoms with Crippen LogP contribution in [0.4, 0.5) is 8.78 Å². The van der Waals surface area contributed by atoms with Crippen LogP contribution in [0.25, 0.3) is 0 Å². The summed E-state index contributed by atoms with van der Waals surface area (Å²) in [5.41, 5.74) is 0. The van der Waals surface area contributed by atoms with Gasteiger partial charge in [0.2, 0.25) is 5.92 Å². The Morgan fingerprint density at radius 1 is 1.36 bits per heavy atom. The molecule has 0 heterocycles. The Labute approximate surface area is 64.2 Å². The maximum Gasteiger partial charge on any atom is 0.248 e. The highest BCUT2D eigenvalue weighted by Gasteiger charge is 2.26. The number of aliphatic hydroxyl groups is 1. The third-order valence-electron chi connectivity index (χ3n) is 1.33. The molecule has 0 aliphatic carbocycles. The number of hydrogen-bond donors (Lipinski definition) is 1. The lowest BCUT2D eigenvalue weighted by atomic mass is 10.1. The van der Waals surface area contributed by atoms with E-state index < -0.39 is 12.3 Å². The summed E-state index contributed by atoms with van der Waals surface area (Å²) >= 11 is 0. The van der Waals surface area contributed by atoms with Gasteiger partial charge >= 0.3 is 0 Å². The summed E-state index contributed by atoms with van der Waals surface area (Å²) in [4.78, 5) is 9.74. The third kappa shape index (κ3) is 5.91. The Morgan fingerprint density at radius 2 is 2.00 bits per heavy atom. The average molecular weight is 166 g/mol. The van der Waals surface area contributed by atoms with Gasteiger partial charge in [-0.2, -0.15) is 0 Å². The van der Waals surface area contributed by atoms with Crippen LogP contribution >= 0.6 is 0 Å². The Bertz CT molecular complexity index is 115. The highest BCUT2D eigenvalue weighted by Crippen LogP contribution is 2.25. The molecule has 0 aliphatic heterocycles. The topological polar surface area (TPSA) is 37.3 Å². The van der Waals surface area contributed by atoms with E-state index >= 15 is 0 Å². The van der Waals surface area contributed by atoms with Crippen LogP contribution < -0.4 is 0 Å². The second-order valence-corrected chi connectivity index (χ2v) is 2.39. The maximum atomic E-state index is 12.5. The minimum atomic E-state index is -2.79. The van der Waals surface area contributed by atoms with Crippen molar-refractivity contribution in [3.63, 3.8) is 0 Å². The molecule has 0 amide bonds. The molecule has 0 radical (unpaired) electrons. The predicted molar refractivity (Wildman–Crippen MR) is 36.6 cm³/mol. The van der Waals surface area contributed by atoms with Crippen molar-refractivity contribution in [3.05, 3.63) is 0 Å². The van der Waals surface area contributed by atoms with Crippen molar-refractivity contribution < 1.29 is 18.7 Å². The zero-order valence-electron chi connectivity index (χ0n) is 6.22. The van der Waals surface area contributed by atoms with Crippen LogP contribution in [0.15, 0.2) is 0 Å². The van der Waals surface area contributed by atoms with Crippen molar-refractivity contribution >= 4 is 6.29 Å². The van der Waals surface area contributed by atoms with Gasteiger partial charge in [-0.1, -0.05) is 0 Å². The molecule has 0 unspecified atom stereocenters. The number of carbonyl (C=O) groups excluding carboxylic acids is 1. The summed E-state index contributed by atoms with van der Waals surface area (Å²) in [6, 6.07) is 0. The standard InChI is InChI=1S/C7H12F2O2/c8-7(9,3-1-5-10)4-2-6-11/h5,11H,1-4,6H2. The number of aldehydes is 1. The fourth-order valence-corrected chi connectivity index (χ4v) is 0.733. The lowest BCUT2D eigenvalue weighted by Crippen LogP contribution is -2.16. The molecule has 66 valence electrons. The van der Waals surface area contributed by atoms with E-state index in [0.29, 0.717) is 6.29 Å². The summed E-state index contributed by atoms with van der Waals surface area (Å²) in [5.74, 6) is -2.79. The molecule has 0 rings (SSSR count). The fourth-order valence-electron chi connectivity index (χ4n) is 0.733. The Kier molecular flexibility index (Phi) is 4.94. The first-order valence-corrected chi connectivity index (χ1v) is 3.55. The van der Waals surface area contributed by atoms with Crippen molar-refractivity contribution in [1.29, 1.82) is 0 Å². The van der Waals surface area contributed by atoms with Gasteiger partial charge in [-0.05, 0) is 6.42 Å². The van der Waals surface area contributed by atoms with Crippen molar-refractivity contribution in [2.75, 3.05) is 6.61 Å². The van der Waals surface area contributed by atoms with Crippen LogP contribution in [-0.4, -0.2) is 23.9 Å². The SMILES string of the molecule is O=CCCC(F)(F)CCCO. The molecule has 0 aromatic heterocycles. The van der Waals surface area contributed by atoms with E-state index in [1.807, 2.05) is 0 Å². The van der Waals surface area contributed by atoms with Crippen LogP contribution in [0.3, 0.4) is 0 Å². The van der Waals surface area contributed by atoms with E-state index in [2.05, 4.69) is 0 Å². The van der Waals surface area contributed by atoms with E-state index in [0.717, 1.165) is 0 Å². The molecule has 4 heteroatoms. The van der Waals surface area contributed by atoms with Crippen LogP contribution in [0.1, 0.15) is 25.7 Å². The van der Waals surface area contributed by atoms with Crippen LogP contribution in [0.2, 0.25) is 0 Å². The van der Waals surface area contributed by atoms with Crippen molar-refractivity contribution in [2.45, 2.75) is 31.6 Å². The molecule has 0 spiro atoms. The molecule has 0 saturated carbocycles. The van der Waals surface area contributed by atoms with E-state index in [9.17, 15) is 13.6 Å². The third-order valence-corrected chi connectivity index (χ3v) is 1.33. The number of aliphatic hydroxyl groups excluding tert-OH is 1. The molecule has 0 aliphatic rings. The molecule has 0 bridgehead atoms. The molecule has 0 atom stereocenters. The van der Waals surface area contributed by atoms with Gasteiger partial charge < -0.3 is 9.90 Å². The van der Waals surface area contributed by atoms with Gasteiger partial charge in [0.1, 0.15) is 6.29 Å². The van der Waals surface area contributed by atoms with Gasteiger partial charge in [0, 0.05) is 25.9 Å². The zero-order valence-corrected chi connectivity index (χ0v) is 6.22. The minimum absolute atomic E-state index is 0.0891. The molecule has 0 aromatic rings. The quantitative estimate of drug-likeness (QED) is 0.605. The molecule has 0 saturated heterocycles. The van der Waals surface area contributed by atoms with Crippen molar-refractivity contribution in [3.8, 4) is 0 Å². The summed E-state index contributed by atoms with van der Waals surface area (Å²) in [6.07, 6.45) is -0.287. The Morgan fingerprint density at radius 3 is 2.45 bits per heavy atom. The van der Waals surface area contributed by atoms with E-state index in [1.54, 1.807) is 0 Å². The zero-order chi connectivity index (χ0) is 8.74. The van der Waals surface area contributed by atoms with Crippen molar-refractivity contribution in [2.24, 2.45) is 0 Å². The Balaban J connectivity index is 3.51. The van der Waals surface area contributed by atoms with Crippen LogP contribution in [-0.2, 0) is 4.79 Å². The average Bonchev–Trinajstić information content (AvgIpc) is 1.97. The highest BCUT2D eigenvalue weighted by molar-refractivity contribution is 5.49. The molecule has 11 heavy (non-hydrogen) atoms. The summed E-state index contributed by atoms with van der Waals surface area (Å²) in [5, 5.41) is 8.25. The number of carbonyl (C=O) groups is 1. The second-order valence-electron chi connectivity index (χ2n) is 2.39. The normalized spacial score (nSPS) is 11.5. The lowest BCUT2D eigenvalue weighted by Gasteiger charge is -2.13. The van der Waals surface area contributed by atoms with E-state index in [1.165, 1.54) is 0 Å². The maximum absolute atomic E-state index is 12.5. The summed E-state index contributed by atoms with van der Waals surface area (Å²) in [7, 11) is 0. The number of halogens is 2. The van der Waals surface area contributed by atoms with Crippen LogP contribution in [0, 0.1) is 0 Å². The first-order chi connectivity index (χ1) is 5.12. The number of rotatable bonds is 6. The Hall–Kier alpha value is -0.510. The van der Waals surface area contributed by atoms with Gasteiger partial charge in [-0.25, -0.2) is 8.78 Å². The number of alkyl halides is 2. The molecule has 2 nitrogen and oxygen atoms in total. The predicted octanol–water partition coefficient (Wildman–Crippen LogP) is 1.37. The number of hydrogen-bond acceptors (Lipinski definition) is 2. The van der Waals surface area contributed by atoms with Gasteiger partial charge in [0.25, 0.3) is 0 Å². The van der Waals surface area contributed by atoms with E-state index in [4.69, 9.17) is 5.11 Å². The summed E-state index contributed by atoms with van der Waals surface area (Å²) in [6.45, 7) is -0.226. The van der Waals surface area contributed by atoms with Crippen LogP contribution in [0.5, 0.6) is 0 Å². The second kappa shape index (κ2) is 5.18. The van der Waals surface area contributed by atoms with Gasteiger partial charge in [-0.15, -0.1) is 0 Å². The minimum Gasteiger partial charge on any atom is -0.396 e. The molecular weight excluding hydrogens is 154 g/mol. The summed E-state index contributed by atoms with van der Waals surface area (Å²) < 4.78 is 25.1. The van der Waals surface area contributed by atoms with Gasteiger partial charge in [-0.3, -0.25) is 0 Å². The monoisotopic (exact) mass is 166 g/mol. The fraction of sp³-hybridized carbons (Fsp3) is 0.857. The smallest absolute Gasteiger partial charge is 0.248 e. The molecule has 1 N–H and O–H groups in total. The van der Waals surface area contributed by atoms with Crippen molar-refractivity contribution in [1.82, 2.24) is 0 Å². The lowest BCUT2D eigenvalue weighted by molar-refractivity contribution is -0.110. The first kappa shape index (κ1) is 10.5. The molecular formula is C7H12F2O2. The highest BCUT2D eigenvalue weighted by atomic mass is 19.3. The van der Waals surface area contributed by atoms with E-state index in [-0.39, 0.29) is 25.9 Å². The largest absolute Gasteiger partial charge is 0.396 e. The molecule has 0 aromatic carbocycles. The van der Waals surface area contributed by atoms with Gasteiger partial charge in [0.05, 0.1) is 0 Å². The van der Waals surface area contributed by atoms with Gasteiger partial charge in [0.15, 0.2) is 0 Å². The molecule has 0 fully saturated rings.